The van der Waals surface area contributed by atoms with E-state index >= 15 is 0 Å². The summed E-state index contributed by atoms with van der Waals surface area (Å²) < 4.78 is 0. The smallest absolute Gasteiger partial charge is 0.187 e. The van der Waals surface area contributed by atoms with E-state index in [9.17, 15) is 5.11 Å². The van der Waals surface area contributed by atoms with Crippen molar-refractivity contribution in [2.45, 2.75) is 44.1 Å². The SMILES string of the molecule is Oc1ccccc1C=NNC(=S)NC12CC3CC(CC(C3)C1)C2. The van der Waals surface area contributed by atoms with Gasteiger partial charge in [-0.05, 0) is 80.6 Å². The van der Waals surface area contributed by atoms with Crippen LogP contribution in [-0.4, -0.2) is 22.0 Å². The van der Waals surface area contributed by atoms with Gasteiger partial charge in [-0.1, -0.05) is 12.1 Å². The Balaban J connectivity index is 1.36. The van der Waals surface area contributed by atoms with Crippen molar-refractivity contribution >= 4 is 23.5 Å². The number of hydrogen-bond acceptors (Lipinski definition) is 3. The molecule has 0 saturated heterocycles. The minimum absolute atomic E-state index is 0.198. The van der Waals surface area contributed by atoms with Crippen molar-refractivity contribution in [2.24, 2.45) is 22.9 Å². The summed E-state index contributed by atoms with van der Waals surface area (Å²) in [6, 6.07) is 7.12. The number of hydrogen-bond donors (Lipinski definition) is 3. The van der Waals surface area contributed by atoms with Crippen LogP contribution in [0.1, 0.15) is 44.1 Å². The number of benzene rings is 1. The lowest BCUT2D eigenvalue weighted by atomic mass is 9.53. The first kappa shape index (κ1) is 14.9. The van der Waals surface area contributed by atoms with E-state index in [0.29, 0.717) is 10.7 Å². The Morgan fingerprint density at radius 3 is 2.35 bits per heavy atom. The van der Waals surface area contributed by atoms with E-state index in [1.54, 1.807) is 18.3 Å². The Morgan fingerprint density at radius 1 is 1.13 bits per heavy atom. The summed E-state index contributed by atoms with van der Waals surface area (Å²) in [4.78, 5) is 0. The number of rotatable bonds is 3. The van der Waals surface area contributed by atoms with Gasteiger partial charge in [-0.3, -0.25) is 5.43 Å². The van der Waals surface area contributed by atoms with Crippen LogP contribution in [0, 0.1) is 17.8 Å². The van der Waals surface area contributed by atoms with Crippen molar-refractivity contribution in [1.29, 1.82) is 0 Å². The van der Waals surface area contributed by atoms with Crippen LogP contribution in [0.15, 0.2) is 29.4 Å². The van der Waals surface area contributed by atoms with Crippen LogP contribution in [0.2, 0.25) is 0 Å². The summed E-state index contributed by atoms with van der Waals surface area (Å²) >= 11 is 5.44. The average Bonchev–Trinajstić information content (AvgIpc) is 2.47. The molecule has 4 fully saturated rings. The number of para-hydroxylation sites is 1. The second-order valence-electron chi connectivity index (χ2n) is 7.58. The van der Waals surface area contributed by atoms with E-state index < -0.39 is 0 Å². The zero-order valence-electron chi connectivity index (χ0n) is 13.2. The van der Waals surface area contributed by atoms with Crippen molar-refractivity contribution in [3.63, 3.8) is 0 Å². The van der Waals surface area contributed by atoms with Gasteiger partial charge in [0, 0.05) is 11.1 Å². The molecule has 23 heavy (non-hydrogen) atoms. The normalized spacial score (nSPS) is 34.7. The Kier molecular flexibility index (Phi) is 3.76. The fourth-order valence-corrected chi connectivity index (χ4v) is 5.56. The molecule has 4 nitrogen and oxygen atoms in total. The molecule has 0 spiro atoms. The summed E-state index contributed by atoms with van der Waals surface area (Å²) in [6.45, 7) is 0. The largest absolute Gasteiger partial charge is 0.507 e. The Labute approximate surface area is 142 Å². The van der Waals surface area contributed by atoms with Gasteiger partial charge in [0.1, 0.15) is 5.75 Å². The van der Waals surface area contributed by atoms with Crippen molar-refractivity contribution in [1.82, 2.24) is 10.7 Å². The molecular weight excluding hydrogens is 306 g/mol. The first-order valence-corrected chi connectivity index (χ1v) is 8.92. The summed E-state index contributed by atoms with van der Waals surface area (Å²) in [5, 5.41) is 18.0. The summed E-state index contributed by atoms with van der Waals surface area (Å²) in [6.07, 6.45) is 9.63. The third-order valence-corrected chi connectivity index (χ3v) is 5.92. The highest BCUT2D eigenvalue weighted by Crippen LogP contribution is 2.55. The van der Waals surface area contributed by atoms with E-state index in [4.69, 9.17) is 12.2 Å². The van der Waals surface area contributed by atoms with E-state index in [0.717, 1.165) is 17.8 Å². The van der Waals surface area contributed by atoms with Crippen molar-refractivity contribution in [3.05, 3.63) is 29.8 Å². The third-order valence-electron chi connectivity index (χ3n) is 5.72. The molecule has 0 unspecified atom stereocenters. The summed E-state index contributed by atoms with van der Waals surface area (Å²) in [5.74, 6) is 2.89. The van der Waals surface area contributed by atoms with Crippen LogP contribution >= 0.6 is 12.2 Å². The highest BCUT2D eigenvalue weighted by molar-refractivity contribution is 7.80. The quantitative estimate of drug-likeness (QED) is 0.453. The molecule has 4 bridgehead atoms. The number of hydrazone groups is 1. The Bertz CT molecular complexity index is 608. The van der Waals surface area contributed by atoms with Crippen molar-refractivity contribution in [2.75, 3.05) is 0 Å². The first-order valence-electron chi connectivity index (χ1n) is 8.51. The van der Waals surface area contributed by atoms with Crippen molar-refractivity contribution < 1.29 is 5.11 Å². The van der Waals surface area contributed by atoms with Gasteiger partial charge in [0.15, 0.2) is 5.11 Å². The zero-order chi connectivity index (χ0) is 15.9. The highest BCUT2D eigenvalue weighted by atomic mass is 32.1. The van der Waals surface area contributed by atoms with Gasteiger partial charge >= 0.3 is 0 Å². The van der Waals surface area contributed by atoms with E-state index in [2.05, 4.69) is 15.8 Å². The second kappa shape index (κ2) is 5.78. The van der Waals surface area contributed by atoms with Gasteiger partial charge in [-0.25, -0.2) is 0 Å². The molecule has 5 heteroatoms. The second-order valence-corrected chi connectivity index (χ2v) is 7.99. The highest BCUT2D eigenvalue weighted by Gasteiger charge is 2.51. The Morgan fingerprint density at radius 2 is 1.74 bits per heavy atom. The number of phenols is 1. The fraction of sp³-hybridized carbons (Fsp3) is 0.556. The molecule has 0 aromatic heterocycles. The maximum atomic E-state index is 9.72. The number of phenolic OH excluding ortho intramolecular Hbond substituents is 1. The molecular formula is C18H23N3OS. The molecule has 0 amide bonds. The lowest BCUT2D eigenvalue weighted by Crippen LogP contribution is -2.61. The fourth-order valence-electron chi connectivity index (χ4n) is 5.29. The number of thiocarbonyl (C=S) groups is 1. The van der Waals surface area contributed by atoms with Crippen LogP contribution < -0.4 is 10.7 Å². The lowest BCUT2D eigenvalue weighted by Gasteiger charge is -2.57. The van der Waals surface area contributed by atoms with Gasteiger partial charge in [0.25, 0.3) is 0 Å². The molecule has 0 atom stereocenters. The lowest BCUT2D eigenvalue weighted by molar-refractivity contribution is -0.0101. The zero-order valence-corrected chi connectivity index (χ0v) is 14.0. The van der Waals surface area contributed by atoms with Gasteiger partial charge in [0.2, 0.25) is 0 Å². The number of aromatic hydroxyl groups is 1. The molecule has 3 N–H and O–H groups in total. The monoisotopic (exact) mass is 329 g/mol. The van der Waals surface area contributed by atoms with Crippen LogP contribution in [0.3, 0.4) is 0 Å². The average molecular weight is 329 g/mol. The molecule has 0 radical (unpaired) electrons. The standard InChI is InChI=1S/C18H23N3OS/c22-16-4-2-1-3-15(16)11-19-21-17(23)20-18-8-12-5-13(9-18)7-14(6-12)10-18/h1-4,11-14,22H,5-10H2,(H2,20,21,23). The first-order chi connectivity index (χ1) is 11.1. The molecule has 1 aromatic carbocycles. The minimum atomic E-state index is 0.198. The van der Waals surface area contributed by atoms with Crippen LogP contribution in [0.4, 0.5) is 0 Å². The van der Waals surface area contributed by atoms with E-state index in [-0.39, 0.29) is 11.3 Å². The predicted octanol–water partition coefficient (Wildman–Crippen LogP) is 3.16. The van der Waals surface area contributed by atoms with E-state index in [1.807, 2.05) is 12.1 Å². The molecule has 4 aliphatic rings. The summed E-state index contributed by atoms with van der Waals surface area (Å²) in [5.41, 5.74) is 3.79. The minimum Gasteiger partial charge on any atom is -0.507 e. The topological polar surface area (TPSA) is 56.7 Å². The molecule has 4 aliphatic carbocycles. The van der Waals surface area contributed by atoms with Gasteiger partial charge in [-0.15, -0.1) is 0 Å². The predicted molar refractivity (Wildman–Crippen MR) is 95.5 cm³/mol. The van der Waals surface area contributed by atoms with Crippen LogP contribution in [0.25, 0.3) is 0 Å². The third kappa shape index (κ3) is 3.07. The van der Waals surface area contributed by atoms with Gasteiger partial charge in [-0.2, -0.15) is 5.10 Å². The molecule has 4 saturated carbocycles. The van der Waals surface area contributed by atoms with Crippen molar-refractivity contribution in [3.8, 4) is 5.75 Å². The van der Waals surface area contributed by atoms with Gasteiger partial charge in [0.05, 0.1) is 6.21 Å². The molecule has 122 valence electrons. The number of nitrogens with zero attached hydrogens (tertiary/aromatic N) is 1. The molecule has 0 aliphatic heterocycles. The molecule has 1 aromatic rings. The Hall–Kier alpha value is -1.62. The van der Waals surface area contributed by atoms with Crippen LogP contribution in [0.5, 0.6) is 5.75 Å². The maximum absolute atomic E-state index is 9.72. The van der Waals surface area contributed by atoms with Gasteiger partial charge < -0.3 is 10.4 Å². The summed E-state index contributed by atoms with van der Waals surface area (Å²) in [7, 11) is 0. The maximum Gasteiger partial charge on any atom is 0.187 e. The van der Waals surface area contributed by atoms with E-state index in [1.165, 1.54) is 38.5 Å². The molecule has 0 heterocycles. The number of nitrogens with one attached hydrogen (secondary N) is 2. The molecule has 5 rings (SSSR count). The van der Waals surface area contributed by atoms with Crippen LogP contribution in [-0.2, 0) is 0 Å².